The maximum Gasteiger partial charge on any atom is 0.312 e. The van der Waals surface area contributed by atoms with Crippen molar-refractivity contribution in [3.63, 3.8) is 0 Å². The molecule has 2 aliphatic rings. The van der Waals surface area contributed by atoms with Crippen molar-refractivity contribution < 1.29 is 14.3 Å². The van der Waals surface area contributed by atoms with E-state index in [2.05, 4.69) is 5.32 Å². The van der Waals surface area contributed by atoms with Crippen LogP contribution in [0.2, 0.25) is 0 Å². The average molecular weight is 255 g/mol. The number of piperazine rings is 1. The molecule has 2 aliphatic heterocycles. The van der Waals surface area contributed by atoms with Crippen LogP contribution in [-0.4, -0.2) is 73.1 Å². The molecule has 0 saturated carbocycles. The summed E-state index contributed by atoms with van der Waals surface area (Å²) in [6.07, 6.45) is -0.0120. The number of ether oxygens (including phenoxy) is 1. The molecule has 0 aliphatic carbocycles. The van der Waals surface area contributed by atoms with E-state index in [1.54, 1.807) is 9.80 Å². The molecule has 2 fully saturated rings. The van der Waals surface area contributed by atoms with Gasteiger partial charge in [0, 0.05) is 39.3 Å². The molecule has 6 heteroatoms. The summed E-state index contributed by atoms with van der Waals surface area (Å²) in [6.45, 7) is 7.59. The van der Waals surface area contributed by atoms with Crippen molar-refractivity contribution in [2.24, 2.45) is 0 Å². The zero-order chi connectivity index (χ0) is 13.1. The Morgan fingerprint density at radius 1 is 1.00 bits per heavy atom. The first kappa shape index (κ1) is 13.3. The number of nitrogens with zero attached hydrogens (tertiary/aromatic N) is 2. The second kappa shape index (κ2) is 5.67. The zero-order valence-electron chi connectivity index (χ0n) is 11.0. The van der Waals surface area contributed by atoms with Gasteiger partial charge in [-0.05, 0) is 13.8 Å². The van der Waals surface area contributed by atoms with Gasteiger partial charge in [0.2, 0.25) is 0 Å². The van der Waals surface area contributed by atoms with Gasteiger partial charge in [-0.3, -0.25) is 9.59 Å². The van der Waals surface area contributed by atoms with E-state index >= 15 is 0 Å². The summed E-state index contributed by atoms with van der Waals surface area (Å²) in [4.78, 5) is 27.5. The fourth-order valence-corrected chi connectivity index (χ4v) is 2.48. The van der Waals surface area contributed by atoms with Gasteiger partial charge in [0.1, 0.15) is 0 Å². The Hall–Kier alpha value is -1.14. The number of rotatable bonds is 0. The third-order valence-corrected chi connectivity index (χ3v) is 3.29. The van der Waals surface area contributed by atoms with Gasteiger partial charge in [-0.15, -0.1) is 0 Å². The minimum Gasteiger partial charge on any atom is -0.372 e. The molecule has 0 bridgehead atoms. The van der Waals surface area contributed by atoms with Crippen LogP contribution in [0.3, 0.4) is 0 Å². The number of hydrogen-bond acceptors (Lipinski definition) is 4. The summed E-state index contributed by atoms with van der Waals surface area (Å²) >= 11 is 0. The first-order valence-electron chi connectivity index (χ1n) is 6.52. The van der Waals surface area contributed by atoms with Gasteiger partial charge in [0.15, 0.2) is 0 Å². The van der Waals surface area contributed by atoms with Crippen molar-refractivity contribution in [2.45, 2.75) is 26.1 Å². The highest BCUT2D eigenvalue weighted by Gasteiger charge is 2.32. The highest BCUT2D eigenvalue weighted by atomic mass is 16.5. The second-order valence-corrected chi connectivity index (χ2v) is 5.01. The summed E-state index contributed by atoms with van der Waals surface area (Å²) in [5.74, 6) is -0.767. The predicted molar refractivity (Wildman–Crippen MR) is 66.0 cm³/mol. The molecule has 6 nitrogen and oxygen atoms in total. The Morgan fingerprint density at radius 3 is 2.06 bits per heavy atom. The number of nitrogens with one attached hydrogen (secondary N) is 1. The van der Waals surface area contributed by atoms with Crippen LogP contribution in [0.4, 0.5) is 0 Å². The lowest BCUT2D eigenvalue weighted by Crippen LogP contribution is -2.56. The van der Waals surface area contributed by atoms with Crippen molar-refractivity contribution in [3.05, 3.63) is 0 Å². The van der Waals surface area contributed by atoms with Crippen LogP contribution in [-0.2, 0) is 14.3 Å². The fraction of sp³-hybridized carbons (Fsp3) is 0.833. The molecule has 0 spiro atoms. The monoisotopic (exact) mass is 255 g/mol. The quantitative estimate of drug-likeness (QED) is 0.567. The first-order valence-corrected chi connectivity index (χ1v) is 6.52. The van der Waals surface area contributed by atoms with E-state index in [0.29, 0.717) is 26.2 Å². The molecule has 0 radical (unpaired) electrons. The minimum atomic E-state index is -0.390. The molecule has 2 unspecified atom stereocenters. The molecule has 0 aromatic carbocycles. The van der Waals surface area contributed by atoms with Gasteiger partial charge in [-0.1, -0.05) is 0 Å². The molecule has 18 heavy (non-hydrogen) atoms. The van der Waals surface area contributed by atoms with Gasteiger partial charge in [0.05, 0.1) is 12.2 Å². The summed E-state index contributed by atoms with van der Waals surface area (Å²) in [6, 6.07) is 0. The summed E-state index contributed by atoms with van der Waals surface area (Å²) in [5, 5.41) is 3.16. The molecule has 0 aromatic rings. The van der Waals surface area contributed by atoms with Crippen LogP contribution in [0, 0.1) is 0 Å². The average Bonchev–Trinajstić information content (AvgIpc) is 2.37. The molecule has 2 saturated heterocycles. The van der Waals surface area contributed by atoms with E-state index in [1.807, 2.05) is 13.8 Å². The molecule has 2 rings (SSSR count). The highest BCUT2D eigenvalue weighted by Crippen LogP contribution is 2.11. The first-order chi connectivity index (χ1) is 8.58. The normalized spacial score (nSPS) is 29.2. The molecular formula is C12H21N3O3. The second-order valence-electron chi connectivity index (χ2n) is 5.01. The standard InChI is InChI=1S/C12H21N3O3/c1-9-7-15(8-10(2)18-9)12(17)11(16)14-5-3-13-4-6-14/h9-10,13H,3-8H2,1-2H3. The summed E-state index contributed by atoms with van der Waals surface area (Å²) in [7, 11) is 0. The lowest BCUT2D eigenvalue weighted by atomic mass is 10.2. The summed E-state index contributed by atoms with van der Waals surface area (Å²) in [5.41, 5.74) is 0. The largest absolute Gasteiger partial charge is 0.372 e. The van der Waals surface area contributed by atoms with E-state index < -0.39 is 0 Å². The Kier molecular flexibility index (Phi) is 4.19. The zero-order valence-corrected chi connectivity index (χ0v) is 11.0. The molecule has 1 N–H and O–H groups in total. The maximum atomic E-state index is 12.1. The lowest BCUT2D eigenvalue weighted by molar-refractivity contribution is -0.158. The molecule has 2 amide bonds. The SMILES string of the molecule is CC1CN(C(=O)C(=O)N2CCNCC2)CC(C)O1. The number of hydrogen-bond donors (Lipinski definition) is 1. The van der Waals surface area contributed by atoms with Crippen LogP contribution in [0.15, 0.2) is 0 Å². The van der Waals surface area contributed by atoms with Gasteiger partial charge in [-0.2, -0.15) is 0 Å². The van der Waals surface area contributed by atoms with Gasteiger partial charge in [-0.25, -0.2) is 0 Å². The number of amides is 2. The van der Waals surface area contributed by atoms with E-state index in [0.717, 1.165) is 13.1 Å². The third-order valence-electron chi connectivity index (χ3n) is 3.29. The van der Waals surface area contributed by atoms with Gasteiger partial charge >= 0.3 is 11.8 Å². The molecule has 2 heterocycles. The predicted octanol–water partition coefficient (Wildman–Crippen LogP) is -0.946. The van der Waals surface area contributed by atoms with E-state index in [9.17, 15) is 9.59 Å². The van der Waals surface area contributed by atoms with Crippen molar-refractivity contribution in [1.29, 1.82) is 0 Å². The fourth-order valence-electron chi connectivity index (χ4n) is 2.48. The molecule has 0 aromatic heterocycles. The minimum absolute atomic E-state index is 0.00600. The number of carbonyl (C=O) groups excluding carboxylic acids is 2. The maximum absolute atomic E-state index is 12.1. The van der Waals surface area contributed by atoms with Gasteiger partial charge in [0.25, 0.3) is 0 Å². The van der Waals surface area contributed by atoms with E-state index in [4.69, 9.17) is 4.74 Å². The number of morpholine rings is 1. The topological polar surface area (TPSA) is 61.9 Å². The van der Waals surface area contributed by atoms with Crippen molar-refractivity contribution in [2.75, 3.05) is 39.3 Å². The molecule has 2 atom stereocenters. The Balaban J connectivity index is 1.95. The smallest absolute Gasteiger partial charge is 0.312 e. The van der Waals surface area contributed by atoms with E-state index in [1.165, 1.54) is 0 Å². The molecule has 102 valence electrons. The Bertz CT molecular complexity index is 319. The van der Waals surface area contributed by atoms with Crippen molar-refractivity contribution >= 4 is 11.8 Å². The van der Waals surface area contributed by atoms with Gasteiger partial charge < -0.3 is 19.9 Å². The van der Waals surface area contributed by atoms with Crippen LogP contribution in [0.1, 0.15) is 13.8 Å². The van der Waals surface area contributed by atoms with Crippen LogP contribution in [0.5, 0.6) is 0 Å². The number of carbonyl (C=O) groups is 2. The highest BCUT2D eigenvalue weighted by molar-refractivity contribution is 6.34. The third kappa shape index (κ3) is 3.00. The Morgan fingerprint density at radius 2 is 1.50 bits per heavy atom. The van der Waals surface area contributed by atoms with Crippen molar-refractivity contribution in [3.8, 4) is 0 Å². The van der Waals surface area contributed by atoms with Crippen LogP contribution in [0.25, 0.3) is 0 Å². The lowest BCUT2D eigenvalue weighted by Gasteiger charge is -2.36. The molecular weight excluding hydrogens is 234 g/mol. The van der Waals surface area contributed by atoms with Crippen LogP contribution >= 0.6 is 0 Å². The summed E-state index contributed by atoms with van der Waals surface area (Å²) < 4.78 is 5.56. The van der Waals surface area contributed by atoms with Crippen LogP contribution < -0.4 is 5.32 Å². The van der Waals surface area contributed by atoms with E-state index in [-0.39, 0.29) is 24.0 Å². The van der Waals surface area contributed by atoms with Crippen molar-refractivity contribution in [1.82, 2.24) is 15.1 Å². The Labute approximate surface area is 107 Å².